The Hall–Kier alpha value is -0.950. The van der Waals surface area contributed by atoms with Gasteiger partial charge in [0.25, 0.3) is 0 Å². The third-order valence-electron chi connectivity index (χ3n) is 2.73. The summed E-state index contributed by atoms with van der Waals surface area (Å²) < 4.78 is 0. The van der Waals surface area contributed by atoms with Gasteiger partial charge in [-0.15, -0.1) is 0 Å². The standard InChI is InChI=1S/C11H23N3O3S/c1-7(15)11(2,3)14-9(16)8(5-6-18-4)13-10(12)17/h7-8,15H,5-6H2,1-4H3,(H,14,16)(H3,12,13,17). The molecule has 0 spiro atoms. The van der Waals surface area contributed by atoms with E-state index in [2.05, 4.69) is 10.6 Å². The minimum absolute atomic E-state index is 0.339. The van der Waals surface area contributed by atoms with Gasteiger partial charge in [-0.05, 0) is 39.2 Å². The van der Waals surface area contributed by atoms with Gasteiger partial charge in [-0.2, -0.15) is 11.8 Å². The van der Waals surface area contributed by atoms with Crippen LogP contribution in [0, 0.1) is 0 Å². The quantitative estimate of drug-likeness (QED) is 0.528. The van der Waals surface area contributed by atoms with Gasteiger partial charge in [-0.1, -0.05) is 0 Å². The minimum Gasteiger partial charge on any atom is -0.391 e. The number of urea groups is 1. The van der Waals surface area contributed by atoms with Crippen LogP contribution in [0.2, 0.25) is 0 Å². The number of carbonyl (C=O) groups excluding carboxylic acids is 2. The van der Waals surface area contributed by atoms with Crippen LogP contribution in [0.4, 0.5) is 4.79 Å². The number of rotatable bonds is 7. The Bertz CT molecular complexity index is 295. The van der Waals surface area contributed by atoms with Gasteiger partial charge in [-0.3, -0.25) is 4.79 Å². The number of thioether (sulfide) groups is 1. The van der Waals surface area contributed by atoms with Gasteiger partial charge in [0.1, 0.15) is 6.04 Å². The molecule has 0 saturated heterocycles. The first-order valence-corrected chi connectivity index (χ1v) is 7.15. The molecule has 0 bridgehead atoms. The van der Waals surface area contributed by atoms with Crippen LogP contribution in [-0.4, -0.2) is 46.7 Å². The van der Waals surface area contributed by atoms with Crippen molar-refractivity contribution in [3.05, 3.63) is 0 Å². The lowest BCUT2D eigenvalue weighted by Crippen LogP contribution is -2.57. The third kappa shape index (κ3) is 6.11. The molecule has 0 aliphatic carbocycles. The molecule has 2 unspecified atom stereocenters. The molecule has 18 heavy (non-hydrogen) atoms. The minimum atomic E-state index is -0.756. The monoisotopic (exact) mass is 277 g/mol. The number of hydrogen-bond acceptors (Lipinski definition) is 4. The molecule has 5 N–H and O–H groups in total. The second kappa shape index (κ2) is 7.48. The molecule has 0 rings (SSSR count). The van der Waals surface area contributed by atoms with Crippen molar-refractivity contribution in [2.24, 2.45) is 5.73 Å². The fourth-order valence-electron chi connectivity index (χ4n) is 1.19. The molecule has 6 nitrogen and oxygen atoms in total. The number of carbonyl (C=O) groups is 2. The van der Waals surface area contributed by atoms with E-state index in [1.807, 2.05) is 6.26 Å². The van der Waals surface area contributed by atoms with Gasteiger partial charge in [0.15, 0.2) is 0 Å². The van der Waals surface area contributed by atoms with E-state index in [1.165, 1.54) is 0 Å². The summed E-state index contributed by atoms with van der Waals surface area (Å²) in [6.07, 6.45) is 1.71. The van der Waals surface area contributed by atoms with Gasteiger partial charge in [0.05, 0.1) is 11.6 Å². The van der Waals surface area contributed by atoms with E-state index in [1.54, 1.807) is 32.5 Å². The van der Waals surface area contributed by atoms with Crippen molar-refractivity contribution < 1.29 is 14.7 Å². The highest BCUT2D eigenvalue weighted by molar-refractivity contribution is 7.98. The predicted molar refractivity (Wildman–Crippen MR) is 73.4 cm³/mol. The second-order valence-corrected chi connectivity index (χ2v) is 5.72. The lowest BCUT2D eigenvalue weighted by Gasteiger charge is -2.31. The average molecular weight is 277 g/mol. The zero-order chi connectivity index (χ0) is 14.3. The largest absolute Gasteiger partial charge is 0.391 e. The Morgan fingerprint density at radius 3 is 2.39 bits per heavy atom. The highest BCUT2D eigenvalue weighted by atomic mass is 32.2. The molecule has 0 aromatic rings. The van der Waals surface area contributed by atoms with Crippen LogP contribution in [0.5, 0.6) is 0 Å². The van der Waals surface area contributed by atoms with E-state index in [9.17, 15) is 14.7 Å². The highest BCUT2D eigenvalue weighted by Crippen LogP contribution is 2.10. The number of aliphatic hydroxyl groups excluding tert-OH is 1. The zero-order valence-corrected chi connectivity index (χ0v) is 12.1. The fourth-order valence-corrected chi connectivity index (χ4v) is 1.66. The van der Waals surface area contributed by atoms with Crippen LogP contribution in [0.1, 0.15) is 27.2 Å². The van der Waals surface area contributed by atoms with Crippen molar-refractivity contribution >= 4 is 23.7 Å². The van der Waals surface area contributed by atoms with Gasteiger partial charge in [-0.25, -0.2) is 4.79 Å². The summed E-state index contributed by atoms with van der Waals surface area (Å²) in [6.45, 7) is 5.02. The number of amides is 3. The van der Waals surface area contributed by atoms with E-state index in [-0.39, 0.29) is 5.91 Å². The molecule has 0 fully saturated rings. The Morgan fingerprint density at radius 2 is 2.00 bits per heavy atom. The molecule has 2 atom stereocenters. The topological polar surface area (TPSA) is 104 Å². The summed E-state index contributed by atoms with van der Waals surface area (Å²) in [5.74, 6) is 0.391. The van der Waals surface area contributed by atoms with Crippen molar-refractivity contribution in [2.75, 3.05) is 12.0 Å². The summed E-state index contributed by atoms with van der Waals surface area (Å²) in [5, 5.41) is 14.6. The maximum absolute atomic E-state index is 12.0. The predicted octanol–water partition coefficient (Wildman–Crippen LogP) is 0.0520. The smallest absolute Gasteiger partial charge is 0.312 e. The molecule has 0 heterocycles. The molecule has 0 aliphatic heterocycles. The maximum atomic E-state index is 12.0. The van der Waals surface area contributed by atoms with Crippen LogP contribution >= 0.6 is 11.8 Å². The van der Waals surface area contributed by atoms with Crippen molar-refractivity contribution in [3.8, 4) is 0 Å². The number of hydrogen-bond donors (Lipinski definition) is 4. The average Bonchev–Trinajstić information content (AvgIpc) is 2.22. The number of aliphatic hydroxyl groups is 1. The van der Waals surface area contributed by atoms with Crippen LogP contribution in [0.25, 0.3) is 0 Å². The van der Waals surface area contributed by atoms with Crippen molar-refractivity contribution in [1.82, 2.24) is 10.6 Å². The molecule has 0 aromatic carbocycles. The summed E-state index contributed by atoms with van der Waals surface area (Å²) in [6, 6.07) is -1.40. The SMILES string of the molecule is CSCCC(NC(N)=O)C(=O)NC(C)(C)C(C)O. The second-order valence-electron chi connectivity index (χ2n) is 4.73. The van der Waals surface area contributed by atoms with Crippen LogP contribution in [0.15, 0.2) is 0 Å². The first kappa shape index (κ1) is 17.1. The maximum Gasteiger partial charge on any atom is 0.312 e. The Kier molecular flexibility index (Phi) is 7.08. The van der Waals surface area contributed by atoms with Crippen LogP contribution in [-0.2, 0) is 4.79 Å². The Morgan fingerprint density at radius 1 is 1.44 bits per heavy atom. The van der Waals surface area contributed by atoms with Crippen molar-refractivity contribution in [1.29, 1.82) is 0 Å². The number of nitrogens with two attached hydrogens (primary N) is 1. The summed E-state index contributed by atoms with van der Waals surface area (Å²) >= 11 is 1.58. The molecular formula is C11H23N3O3S. The molecule has 3 amide bonds. The normalized spacial score (nSPS) is 14.7. The molecule has 0 radical (unpaired) electrons. The third-order valence-corrected chi connectivity index (χ3v) is 3.38. The first-order chi connectivity index (χ1) is 8.20. The summed E-state index contributed by atoms with van der Waals surface area (Å²) in [5.41, 5.74) is 4.28. The van der Waals surface area contributed by atoms with Crippen LogP contribution in [0.3, 0.4) is 0 Å². The van der Waals surface area contributed by atoms with Gasteiger partial charge >= 0.3 is 6.03 Å². The molecule has 106 valence electrons. The van der Waals surface area contributed by atoms with E-state index in [0.29, 0.717) is 6.42 Å². The molecule has 0 aromatic heterocycles. The van der Waals surface area contributed by atoms with Gasteiger partial charge in [0, 0.05) is 0 Å². The molecule has 0 aliphatic rings. The summed E-state index contributed by atoms with van der Waals surface area (Å²) in [7, 11) is 0. The van der Waals surface area contributed by atoms with E-state index < -0.39 is 23.7 Å². The van der Waals surface area contributed by atoms with Gasteiger partial charge < -0.3 is 21.5 Å². The van der Waals surface area contributed by atoms with E-state index in [0.717, 1.165) is 5.75 Å². The Balaban J connectivity index is 4.59. The number of primary amides is 1. The van der Waals surface area contributed by atoms with Gasteiger partial charge in [0.2, 0.25) is 5.91 Å². The zero-order valence-electron chi connectivity index (χ0n) is 11.3. The Labute approximate surface area is 112 Å². The van der Waals surface area contributed by atoms with Crippen molar-refractivity contribution in [2.45, 2.75) is 44.9 Å². The lowest BCUT2D eigenvalue weighted by molar-refractivity contribution is -0.125. The highest BCUT2D eigenvalue weighted by Gasteiger charge is 2.29. The summed E-state index contributed by atoms with van der Waals surface area (Å²) in [4.78, 5) is 22.9. The number of nitrogens with one attached hydrogen (secondary N) is 2. The van der Waals surface area contributed by atoms with E-state index in [4.69, 9.17) is 5.73 Å². The lowest BCUT2D eigenvalue weighted by atomic mass is 9.98. The molecular weight excluding hydrogens is 254 g/mol. The van der Waals surface area contributed by atoms with Crippen LogP contribution < -0.4 is 16.4 Å². The molecule has 0 saturated carbocycles. The fraction of sp³-hybridized carbons (Fsp3) is 0.818. The first-order valence-electron chi connectivity index (χ1n) is 5.75. The molecule has 7 heteroatoms. The van der Waals surface area contributed by atoms with Crippen molar-refractivity contribution in [3.63, 3.8) is 0 Å². The van der Waals surface area contributed by atoms with E-state index >= 15 is 0 Å².